The Labute approximate surface area is 143 Å². The van der Waals surface area contributed by atoms with Crippen molar-refractivity contribution in [2.24, 2.45) is 5.92 Å². The number of aliphatic hydroxyl groups excluding tert-OH is 1. The predicted octanol–water partition coefficient (Wildman–Crippen LogP) is 3.68. The first-order valence-electron chi connectivity index (χ1n) is 9.18. The van der Waals surface area contributed by atoms with Crippen LogP contribution in [-0.2, 0) is 0 Å². The summed E-state index contributed by atoms with van der Waals surface area (Å²) in [6.07, 6.45) is 8.86. The molecule has 2 saturated carbocycles. The predicted molar refractivity (Wildman–Crippen MR) is 94.3 cm³/mol. The molecule has 0 bridgehead atoms. The van der Waals surface area contributed by atoms with Crippen molar-refractivity contribution < 1.29 is 14.6 Å². The number of hydrogen-bond donors (Lipinski definition) is 3. The molecular weight excluding hydrogens is 304 g/mol. The van der Waals surface area contributed by atoms with Gasteiger partial charge in [0.05, 0.1) is 6.10 Å². The molecule has 0 aliphatic heterocycles. The average molecular weight is 332 g/mol. The second-order valence-corrected chi connectivity index (χ2v) is 7.05. The quantitative estimate of drug-likeness (QED) is 0.770. The molecule has 0 heterocycles. The van der Waals surface area contributed by atoms with Gasteiger partial charge in [-0.3, -0.25) is 0 Å². The topological polar surface area (TPSA) is 70.6 Å². The molecule has 0 radical (unpaired) electrons. The fourth-order valence-electron chi connectivity index (χ4n) is 3.69. The van der Waals surface area contributed by atoms with E-state index < -0.39 is 0 Å². The van der Waals surface area contributed by atoms with Gasteiger partial charge in [0.2, 0.25) is 0 Å². The molecule has 0 atom stereocenters. The third-order valence-corrected chi connectivity index (χ3v) is 5.14. The van der Waals surface area contributed by atoms with Crippen LogP contribution in [0.5, 0.6) is 5.75 Å². The number of amides is 2. The Balaban J connectivity index is 1.47. The molecule has 0 unspecified atom stereocenters. The molecule has 2 amide bonds. The first-order valence-corrected chi connectivity index (χ1v) is 9.18. The molecular formula is C19H28N2O3. The highest BCUT2D eigenvalue weighted by Gasteiger charge is 2.22. The molecule has 1 aromatic carbocycles. The fraction of sp³-hybridized carbons (Fsp3) is 0.632. The number of rotatable bonds is 5. The van der Waals surface area contributed by atoms with E-state index in [-0.39, 0.29) is 18.7 Å². The van der Waals surface area contributed by atoms with E-state index in [2.05, 4.69) is 10.6 Å². The van der Waals surface area contributed by atoms with Crippen LogP contribution < -0.4 is 15.4 Å². The van der Waals surface area contributed by atoms with Gasteiger partial charge in [0, 0.05) is 24.4 Å². The molecule has 0 aromatic heterocycles. The lowest BCUT2D eigenvalue weighted by Crippen LogP contribution is -2.40. The summed E-state index contributed by atoms with van der Waals surface area (Å²) >= 11 is 0. The molecule has 132 valence electrons. The smallest absolute Gasteiger partial charge is 0.319 e. The average Bonchev–Trinajstić information content (AvgIpc) is 3.09. The van der Waals surface area contributed by atoms with Crippen molar-refractivity contribution in [3.63, 3.8) is 0 Å². The van der Waals surface area contributed by atoms with Crippen LogP contribution in [0.3, 0.4) is 0 Å². The number of urea groups is 1. The van der Waals surface area contributed by atoms with Crippen LogP contribution in [0, 0.1) is 5.92 Å². The van der Waals surface area contributed by atoms with Crippen LogP contribution in [0.4, 0.5) is 10.5 Å². The largest absolute Gasteiger partial charge is 0.490 e. The second kappa shape index (κ2) is 8.38. The molecule has 2 aliphatic rings. The monoisotopic (exact) mass is 332 g/mol. The van der Waals surface area contributed by atoms with Crippen molar-refractivity contribution >= 4 is 11.7 Å². The molecule has 3 rings (SSSR count). The van der Waals surface area contributed by atoms with Gasteiger partial charge in [-0.15, -0.1) is 0 Å². The van der Waals surface area contributed by atoms with Crippen molar-refractivity contribution in [3.8, 4) is 5.75 Å². The molecule has 5 heteroatoms. The number of nitrogens with one attached hydrogen (secondary N) is 2. The third kappa shape index (κ3) is 4.87. The highest BCUT2D eigenvalue weighted by molar-refractivity contribution is 5.89. The summed E-state index contributed by atoms with van der Waals surface area (Å²) in [5.74, 6) is 1.22. The molecule has 3 N–H and O–H groups in total. The van der Waals surface area contributed by atoms with Crippen molar-refractivity contribution in [2.45, 2.75) is 63.5 Å². The number of aliphatic hydroxyl groups is 1. The Hall–Kier alpha value is -1.75. The van der Waals surface area contributed by atoms with Gasteiger partial charge in [-0.1, -0.05) is 6.07 Å². The lowest BCUT2D eigenvalue weighted by Gasteiger charge is -2.28. The lowest BCUT2D eigenvalue weighted by molar-refractivity contribution is 0.176. The maximum absolute atomic E-state index is 12.2. The van der Waals surface area contributed by atoms with Gasteiger partial charge in [0.25, 0.3) is 0 Å². The highest BCUT2D eigenvalue weighted by Crippen LogP contribution is 2.26. The molecule has 0 saturated heterocycles. The number of anilines is 1. The number of carbonyl (C=O) groups excluding carboxylic acids is 1. The summed E-state index contributed by atoms with van der Waals surface area (Å²) in [6, 6.07) is 7.65. The Morgan fingerprint density at radius 3 is 2.58 bits per heavy atom. The Morgan fingerprint density at radius 1 is 1.12 bits per heavy atom. The minimum absolute atomic E-state index is 0.166. The molecule has 24 heavy (non-hydrogen) atoms. The van der Waals surface area contributed by atoms with Gasteiger partial charge in [0.1, 0.15) is 5.75 Å². The third-order valence-electron chi connectivity index (χ3n) is 5.14. The summed E-state index contributed by atoms with van der Waals surface area (Å²) in [5.41, 5.74) is 0.757. The zero-order valence-corrected chi connectivity index (χ0v) is 14.2. The van der Waals surface area contributed by atoms with E-state index >= 15 is 0 Å². The van der Waals surface area contributed by atoms with E-state index in [0.29, 0.717) is 12.0 Å². The Kier molecular flexibility index (Phi) is 5.96. The van der Waals surface area contributed by atoms with Crippen LogP contribution in [0.25, 0.3) is 0 Å². The molecule has 2 fully saturated rings. The first kappa shape index (κ1) is 17.1. The zero-order valence-electron chi connectivity index (χ0n) is 14.2. The van der Waals surface area contributed by atoms with Crippen LogP contribution in [-0.4, -0.2) is 29.9 Å². The van der Waals surface area contributed by atoms with Gasteiger partial charge in [-0.05, 0) is 69.4 Å². The van der Waals surface area contributed by atoms with Gasteiger partial charge in [-0.25, -0.2) is 4.79 Å². The molecule has 5 nitrogen and oxygen atoms in total. The van der Waals surface area contributed by atoms with Crippen LogP contribution in [0.15, 0.2) is 24.3 Å². The minimum atomic E-state index is -0.166. The lowest BCUT2D eigenvalue weighted by atomic mass is 9.87. The summed E-state index contributed by atoms with van der Waals surface area (Å²) in [6.45, 7) is 0.257. The van der Waals surface area contributed by atoms with Gasteiger partial charge >= 0.3 is 6.03 Å². The van der Waals surface area contributed by atoms with E-state index in [4.69, 9.17) is 4.74 Å². The maximum atomic E-state index is 12.2. The van der Waals surface area contributed by atoms with E-state index in [1.807, 2.05) is 24.3 Å². The van der Waals surface area contributed by atoms with Crippen molar-refractivity contribution in [2.75, 3.05) is 11.9 Å². The molecule has 1 aromatic rings. The summed E-state index contributed by atoms with van der Waals surface area (Å²) in [7, 11) is 0. The van der Waals surface area contributed by atoms with E-state index in [0.717, 1.165) is 50.0 Å². The van der Waals surface area contributed by atoms with Gasteiger partial charge in [0.15, 0.2) is 0 Å². The van der Waals surface area contributed by atoms with Crippen LogP contribution in [0.1, 0.15) is 51.4 Å². The van der Waals surface area contributed by atoms with Crippen molar-refractivity contribution in [1.29, 1.82) is 0 Å². The van der Waals surface area contributed by atoms with Crippen molar-refractivity contribution in [1.82, 2.24) is 5.32 Å². The summed E-state index contributed by atoms with van der Waals surface area (Å²) in [5, 5.41) is 15.1. The highest BCUT2D eigenvalue weighted by atomic mass is 16.5. The Bertz CT molecular complexity index is 535. The van der Waals surface area contributed by atoms with Crippen LogP contribution >= 0.6 is 0 Å². The van der Waals surface area contributed by atoms with Crippen molar-refractivity contribution in [3.05, 3.63) is 24.3 Å². The SMILES string of the molecule is O=C(Nc1cccc(OC2CCCC2)c1)NC1CCC(CO)CC1. The van der Waals surface area contributed by atoms with Gasteiger partial charge in [-0.2, -0.15) is 0 Å². The standard InChI is InChI=1S/C19H28N2O3/c22-13-14-8-10-15(11-9-14)20-19(23)21-16-4-3-7-18(12-16)24-17-5-1-2-6-17/h3-4,7,12,14-15,17,22H,1-2,5-6,8-11,13H2,(H2,20,21,23). The number of hydrogen-bond acceptors (Lipinski definition) is 3. The zero-order chi connectivity index (χ0) is 16.8. The first-order chi connectivity index (χ1) is 11.7. The summed E-state index contributed by atoms with van der Waals surface area (Å²) in [4.78, 5) is 12.2. The number of carbonyl (C=O) groups is 1. The number of ether oxygens (including phenoxy) is 1. The van der Waals surface area contributed by atoms with E-state index in [1.165, 1.54) is 12.8 Å². The second-order valence-electron chi connectivity index (χ2n) is 7.05. The molecule has 2 aliphatic carbocycles. The molecule has 0 spiro atoms. The minimum Gasteiger partial charge on any atom is -0.490 e. The van der Waals surface area contributed by atoms with Crippen LogP contribution in [0.2, 0.25) is 0 Å². The summed E-state index contributed by atoms with van der Waals surface area (Å²) < 4.78 is 5.98. The van der Waals surface area contributed by atoms with Gasteiger partial charge < -0.3 is 20.5 Å². The Morgan fingerprint density at radius 2 is 1.88 bits per heavy atom. The normalized spacial score (nSPS) is 24.5. The fourth-order valence-corrected chi connectivity index (χ4v) is 3.69. The van der Waals surface area contributed by atoms with E-state index in [1.54, 1.807) is 0 Å². The maximum Gasteiger partial charge on any atom is 0.319 e. The number of benzene rings is 1. The van der Waals surface area contributed by atoms with E-state index in [9.17, 15) is 9.90 Å².